The zero-order chi connectivity index (χ0) is 30.4. The van der Waals surface area contributed by atoms with Gasteiger partial charge in [0.15, 0.2) is 0 Å². The molecule has 13 heteroatoms. The van der Waals surface area contributed by atoms with Crippen molar-refractivity contribution in [3.63, 3.8) is 0 Å². The van der Waals surface area contributed by atoms with Gasteiger partial charge in [-0.2, -0.15) is 13.2 Å². The number of methoxy groups -OCH3 is 1. The maximum atomic E-state index is 13.9. The second kappa shape index (κ2) is 14.3. The first-order chi connectivity index (χ1) is 20.0. The highest BCUT2D eigenvalue weighted by molar-refractivity contribution is 6.35. The van der Waals surface area contributed by atoms with Gasteiger partial charge in [-0.15, -0.1) is 0 Å². The Hall–Kier alpha value is -2.57. The topological polar surface area (TPSA) is 77.2 Å². The lowest BCUT2D eigenvalue weighted by Gasteiger charge is -2.41. The minimum atomic E-state index is -4.46. The smallest absolute Gasteiger partial charge is 0.383 e. The molecule has 4 rings (SSSR count). The van der Waals surface area contributed by atoms with Gasteiger partial charge in [0.25, 0.3) is 0 Å². The van der Waals surface area contributed by atoms with Gasteiger partial charge in [0, 0.05) is 81.1 Å². The molecule has 8 nitrogen and oxygen atoms in total. The van der Waals surface area contributed by atoms with Gasteiger partial charge >= 0.3 is 6.18 Å². The monoisotopic (exact) mass is 629 g/mol. The lowest BCUT2D eigenvalue weighted by atomic mass is 10.0. The van der Waals surface area contributed by atoms with Gasteiger partial charge in [-0.05, 0) is 48.4 Å². The van der Waals surface area contributed by atoms with Crippen LogP contribution in [0, 0.1) is 0 Å². The van der Waals surface area contributed by atoms with Crippen LogP contribution in [0.4, 0.5) is 18.9 Å². The summed E-state index contributed by atoms with van der Waals surface area (Å²) in [6, 6.07) is 8.08. The first-order valence-corrected chi connectivity index (χ1v) is 14.6. The van der Waals surface area contributed by atoms with E-state index in [0.29, 0.717) is 72.7 Å². The van der Waals surface area contributed by atoms with Crippen LogP contribution in [0.5, 0.6) is 0 Å². The average molecular weight is 631 g/mol. The number of rotatable bonds is 10. The van der Waals surface area contributed by atoms with E-state index >= 15 is 0 Å². The molecule has 2 fully saturated rings. The number of amides is 2. The van der Waals surface area contributed by atoms with E-state index in [1.165, 1.54) is 12.1 Å². The maximum Gasteiger partial charge on any atom is 0.416 e. The molecule has 2 heterocycles. The Morgan fingerprint density at radius 1 is 1.07 bits per heavy atom. The molecule has 2 aromatic carbocycles. The van der Waals surface area contributed by atoms with E-state index in [2.05, 4.69) is 10.6 Å². The predicted molar refractivity (Wildman–Crippen MR) is 157 cm³/mol. The molecule has 0 spiro atoms. The number of carbonyl (C=O) groups excluding carboxylic acids is 2. The van der Waals surface area contributed by atoms with E-state index in [1.54, 1.807) is 35.1 Å². The molecule has 0 aliphatic carbocycles. The number of nitrogens with one attached hydrogen (secondary N) is 2. The van der Waals surface area contributed by atoms with Crippen LogP contribution in [0.2, 0.25) is 10.0 Å². The third kappa shape index (κ3) is 8.08. The van der Waals surface area contributed by atoms with Crippen molar-refractivity contribution in [3.8, 4) is 0 Å². The van der Waals surface area contributed by atoms with Crippen LogP contribution in [0.15, 0.2) is 36.4 Å². The third-order valence-corrected chi connectivity index (χ3v) is 8.20. The summed E-state index contributed by atoms with van der Waals surface area (Å²) in [5.74, 6) is -0.341. The number of carbonyl (C=O) groups is 2. The molecular formula is C29H36Cl2F3N5O3. The standard InChI is InChI=1S/C29H36Cl2F3N5O3/c1-19(18-42-2)36-16-21-13-22(29(32,33)34)4-6-25(21)37-9-11-38(12-10-37)28(41)26(39-8-7-35-17-27(39)40)14-20-3-5-23(30)15-24(20)31/h3-6,13,15,19,26,35-36H,7-12,14,16-18H2,1-2H3/t19-,26?/m1/s1. The molecule has 2 aliphatic heterocycles. The summed E-state index contributed by atoms with van der Waals surface area (Å²) < 4.78 is 45.7. The fourth-order valence-corrected chi connectivity index (χ4v) is 5.85. The van der Waals surface area contributed by atoms with E-state index in [9.17, 15) is 22.8 Å². The summed E-state index contributed by atoms with van der Waals surface area (Å²) in [5, 5.41) is 7.17. The number of nitrogens with zero attached hydrogens (tertiary/aromatic N) is 3. The van der Waals surface area contributed by atoms with Crippen molar-refractivity contribution in [1.82, 2.24) is 20.4 Å². The Balaban J connectivity index is 1.51. The van der Waals surface area contributed by atoms with Crippen LogP contribution < -0.4 is 15.5 Å². The Morgan fingerprint density at radius 3 is 2.45 bits per heavy atom. The van der Waals surface area contributed by atoms with Crippen LogP contribution in [0.1, 0.15) is 23.6 Å². The second-order valence-electron chi connectivity index (χ2n) is 10.6. The van der Waals surface area contributed by atoms with Crippen LogP contribution in [0.25, 0.3) is 0 Å². The van der Waals surface area contributed by atoms with E-state index in [0.717, 1.165) is 6.07 Å². The molecule has 0 aromatic heterocycles. The minimum absolute atomic E-state index is 0.0503. The third-order valence-electron chi connectivity index (χ3n) is 7.61. The number of ether oxygens (including phenoxy) is 1. The summed E-state index contributed by atoms with van der Waals surface area (Å²) >= 11 is 12.5. The van der Waals surface area contributed by atoms with Crippen LogP contribution in [-0.4, -0.2) is 93.2 Å². The number of benzene rings is 2. The quantitative estimate of drug-likeness (QED) is 0.416. The van der Waals surface area contributed by atoms with Gasteiger partial charge in [-0.1, -0.05) is 29.3 Å². The molecule has 0 saturated carbocycles. The molecule has 2 amide bonds. The van der Waals surface area contributed by atoms with E-state index in [-0.39, 0.29) is 37.4 Å². The van der Waals surface area contributed by atoms with Gasteiger partial charge in [0.1, 0.15) is 6.04 Å². The molecule has 2 N–H and O–H groups in total. The summed E-state index contributed by atoms with van der Waals surface area (Å²) in [5.41, 5.74) is 1.22. The fraction of sp³-hybridized carbons (Fsp3) is 0.517. The van der Waals surface area contributed by atoms with Crippen molar-refractivity contribution < 1.29 is 27.5 Å². The summed E-state index contributed by atoms with van der Waals surface area (Å²) in [4.78, 5) is 32.1. The van der Waals surface area contributed by atoms with Crippen molar-refractivity contribution in [3.05, 3.63) is 63.1 Å². The highest BCUT2D eigenvalue weighted by Gasteiger charge is 2.36. The molecule has 1 unspecified atom stereocenters. The number of halogens is 5. The van der Waals surface area contributed by atoms with E-state index in [4.69, 9.17) is 27.9 Å². The molecule has 0 radical (unpaired) electrons. The molecular weight excluding hydrogens is 594 g/mol. The van der Waals surface area contributed by atoms with Crippen molar-refractivity contribution >= 4 is 40.7 Å². The highest BCUT2D eigenvalue weighted by Crippen LogP contribution is 2.33. The molecule has 230 valence electrons. The van der Waals surface area contributed by atoms with Crippen LogP contribution >= 0.6 is 23.2 Å². The molecule has 2 atom stereocenters. The SMILES string of the molecule is COC[C@@H](C)NCc1cc(C(F)(F)F)ccc1N1CCN(C(=O)C(Cc2ccc(Cl)cc2Cl)N2CCNCC2=O)CC1. The van der Waals surface area contributed by atoms with Gasteiger partial charge in [0.05, 0.1) is 18.7 Å². The van der Waals surface area contributed by atoms with Crippen molar-refractivity contribution in [2.24, 2.45) is 0 Å². The first kappa shape index (κ1) is 32.3. The summed E-state index contributed by atoms with van der Waals surface area (Å²) in [6.07, 6.45) is -4.21. The zero-order valence-electron chi connectivity index (χ0n) is 23.6. The predicted octanol–water partition coefficient (Wildman–Crippen LogP) is 3.83. The Labute approximate surface area is 254 Å². The van der Waals surface area contributed by atoms with Crippen molar-refractivity contribution in [1.29, 1.82) is 0 Å². The molecule has 2 aromatic rings. The maximum absolute atomic E-state index is 13.9. The number of anilines is 1. The highest BCUT2D eigenvalue weighted by atomic mass is 35.5. The number of alkyl halides is 3. The number of hydrogen-bond acceptors (Lipinski definition) is 6. The molecule has 2 aliphatic rings. The Kier molecular flexibility index (Phi) is 11.0. The van der Waals surface area contributed by atoms with Crippen LogP contribution in [-0.2, 0) is 33.5 Å². The van der Waals surface area contributed by atoms with Crippen molar-refractivity contribution in [2.45, 2.75) is 38.1 Å². The van der Waals surface area contributed by atoms with Gasteiger partial charge < -0.3 is 30.1 Å². The molecule has 2 saturated heterocycles. The van der Waals surface area contributed by atoms with Gasteiger partial charge in [-0.25, -0.2) is 0 Å². The average Bonchev–Trinajstić information content (AvgIpc) is 2.95. The molecule has 42 heavy (non-hydrogen) atoms. The second-order valence-corrected chi connectivity index (χ2v) is 11.5. The largest absolute Gasteiger partial charge is 0.416 e. The van der Waals surface area contributed by atoms with E-state index < -0.39 is 17.8 Å². The van der Waals surface area contributed by atoms with Gasteiger partial charge in [-0.3, -0.25) is 9.59 Å². The zero-order valence-corrected chi connectivity index (χ0v) is 25.2. The lowest BCUT2D eigenvalue weighted by Crippen LogP contribution is -2.60. The number of piperazine rings is 2. The minimum Gasteiger partial charge on any atom is -0.383 e. The Bertz CT molecular complexity index is 1260. The van der Waals surface area contributed by atoms with Crippen LogP contribution in [0.3, 0.4) is 0 Å². The normalized spacial score (nSPS) is 17.9. The summed E-state index contributed by atoms with van der Waals surface area (Å²) in [7, 11) is 1.57. The first-order valence-electron chi connectivity index (χ1n) is 13.9. The summed E-state index contributed by atoms with van der Waals surface area (Å²) in [6.45, 7) is 5.26. The fourth-order valence-electron chi connectivity index (χ4n) is 5.36. The van der Waals surface area contributed by atoms with Crippen molar-refractivity contribution in [2.75, 3.05) is 64.4 Å². The van der Waals surface area contributed by atoms with Gasteiger partial charge in [0.2, 0.25) is 11.8 Å². The number of hydrogen-bond donors (Lipinski definition) is 2. The Morgan fingerprint density at radius 2 is 1.81 bits per heavy atom. The molecule has 0 bridgehead atoms. The van der Waals surface area contributed by atoms with E-state index in [1.807, 2.05) is 11.8 Å². The lowest BCUT2D eigenvalue weighted by molar-refractivity contribution is -0.146.